The van der Waals surface area contributed by atoms with Gasteiger partial charge in [0.2, 0.25) is 0 Å². The molecule has 0 N–H and O–H groups in total. The van der Waals surface area contributed by atoms with Crippen molar-refractivity contribution < 1.29 is 4.79 Å². The predicted octanol–water partition coefficient (Wildman–Crippen LogP) is 2.68. The molecule has 3 heterocycles. The maximum Gasteiger partial charge on any atom is 0.162 e. The Morgan fingerprint density at radius 3 is 2.57 bits per heavy atom. The Balaban J connectivity index is 1.50. The van der Waals surface area contributed by atoms with Gasteiger partial charge in [-0.05, 0) is 50.2 Å². The van der Waals surface area contributed by atoms with Crippen LogP contribution in [-0.4, -0.2) is 33.6 Å². The summed E-state index contributed by atoms with van der Waals surface area (Å²) in [6.45, 7) is 6.60. The summed E-state index contributed by atoms with van der Waals surface area (Å²) in [7, 11) is 0. The Morgan fingerprint density at radius 2 is 2.00 bits per heavy atom. The van der Waals surface area contributed by atoms with Crippen molar-refractivity contribution in [3.63, 3.8) is 0 Å². The SMILES string of the molecule is CC(=O)c1cnn(Cc2ccc(N3CC4CCC4C3)nc2C)c1. The largest absolute Gasteiger partial charge is 0.356 e. The number of hydrogen-bond acceptors (Lipinski definition) is 4. The van der Waals surface area contributed by atoms with Crippen molar-refractivity contribution in [2.24, 2.45) is 11.8 Å². The number of anilines is 1. The monoisotopic (exact) mass is 310 g/mol. The van der Waals surface area contributed by atoms with E-state index >= 15 is 0 Å². The molecule has 0 bridgehead atoms. The fourth-order valence-electron chi connectivity index (χ4n) is 3.67. The Bertz CT molecular complexity index is 739. The van der Waals surface area contributed by atoms with Crippen LogP contribution in [0.4, 0.5) is 5.82 Å². The molecule has 2 fully saturated rings. The molecule has 23 heavy (non-hydrogen) atoms. The lowest BCUT2D eigenvalue weighted by Crippen LogP contribution is -2.22. The van der Waals surface area contributed by atoms with Crippen molar-refractivity contribution >= 4 is 11.6 Å². The molecule has 1 saturated carbocycles. The number of carbonyl (C=O) groups is 1. The van der Waals surface area contributed by atoms with Gasteiger partial charge in [0.15, 0.2) is 5.78 Å². The van der Waals surface area contributed by atoms with E-state index in [0.717, 1.165) is 42.0 Å². The zero-order valence-corrected chi connectivity index (χ0v) is 13.7. The molecule has 1 saturated heterocycles. The molecule has 1 aliphatic carbocycles. The van der Waals surface area contributed by atoms with Gasteiger partial charge in [-0.15, -0.1) is 0 Å². The fraction of sp³-hybridized carbons (Fsp3) is 0.500. The normalized spacial score (nSPS) is 22.8. The highest BCUT2D eigenvalue weighted by Gasteiger charge is 2.39. The van der Waals surface area contributed by atoms with E-state index in [0.29, 0.717) is 12.1 Å². The van der Waals surface area contributed by atoms with E-state index < -0.39 is 0 Å². The van der Waals surface area contributed by atoms with Crippen LogP contribution in [0, 0.1) is 18.8 Å². The molecule has 1 aliphatic heterocycles. The smallest absolute Gasteiger partial charge is 0.162 e. The molecule has 0 spiro atoms. The topological polar surface area (TPSA) is 51.0 Å². The second kappa shape index (κ2) is 5.48. The first kappa shape index (κ1) is 14.4. The van der Waals surface area contributed by atoms with Crippen molar-refractivity contribution in [2.45, 2.75) is 33.2 Å². The Hall–Kier alpha value is -2.17. The Labute approximate surface area is 136 Å². The van der Waals surface area contributed by atoms with E-state index in [4.69, 9.17) is 4.98 Å². The van der Waals surface area contributed by atoms with Crippen LogP contribution in [0.2, 0.25) is 0 Å². The summed E-state index contributed by atoms with van der Waals surface area (Å²) in [5.74, 6) is 2.94. The number of Topliss-reactive ketones (excluding diaryl/α,β-unsaturated/α-hetero) is 1. The van der Waals surface area contributed by atoms with Crippen LogP contribution >= 0.6 is 0 Å². The van der Waals surface area contributed by atoms with Crippen molar-refractivity contribution in [3.05, 3.63) is 41.3 Å². The van der Waals surface area contributed by atoms with Gasteiger partial charge in [-0.25, -0.2) is 4.98 Å². The summed E-state index contributed by atoms with van der Waals surface area (Å²) in [4.78, 5) is 18.6. The average molecular weight is 310 g/mol. The van der Waals surface area contributed by atoms with Crippen LogP contribution in [0.25, 0.3) is 0 Å². The maximum atomic E-state index is 11.4. The number of nitrogens with zero attached hydrogens (tertiary/aromatic N) is 4. The first-order valence-electron chi connectivity index (χ1n) is 8.35. The minimum absolute atomic E-state index is 0.0464. The van der Waals surface area contributed by atoms with Gasteiger partial charge in [0.1, 0.15) is 5.82 Å². The van der Waals surface area contributed by atoms with Crippen LogP contribution in [0.15, 0.2) is 24.5 Å². The number of aryl methyl sites for hydroxylation is 1. The van der Waals surface area contributed by atoms with Crippen molar-refractivity contribution in [1.82, 2.24) is 14.8 Å². The molecule has 2 aliphatic rings. The van der Waals surface area contributed by atoms with Crippen molar-refractivity contribution in [1.29, 1.82) is 0 Å². The molecule has 4 rings (SSSR count). The molecule has 2 unspecified atom stereocenters. The molecule has 0 radical (unpaired) electrons. The van der Waals surface area contributed by atoms with E-state index in [2.05, 4.69) is 29.1 Å². The second-order valence-corrected chi connectivity index (χ2v) is 6.90. The average Bonchev–Trinajstić information content (AvgIpc) is 3.07. The maximum absolute atomic E-state index is 11.4. The lowest BCUT2D eigenvalue weighted by atomic mass is 9.77. The number of ketones is 1. The van der Waals surface area contributed by atoms with Crippen LogP contribution in [0.3, 0.4) is 0 Å². The molecular weight excluding hydrogens is 288 g/mol. The van der Waals surface area contributed by atoms with Gasteiger partial charge in [-0.1, -0.05) is 6.07 Å². The standard InChI is InChI=1S/C18H22N4O/c1-12-14(10-22-11-17(7-19-22)13(2)23)5-6-18(20-12)21-8-15-3-4-16(15)9-21/h5-7,11,15-16H,3-4,8-10H2,1-2H3. The minimum atomic E-state index is 0.0464. The molecule has 2 aromatic heterocycles. The van der Waals surface area contributed by atoms with Gasteiger partial charge in [-0.3, -0.25) is 9.48 Å². The number of aromatic nitrogens is 3. The first-order valence-corrected chi connectivity index (χ1v) is 8.35. The lowest BCUT2D eigenvalue weighted by Gasteiger charge is -2.27. The van der Waals surface area contributed by atoms with Gasteiger partial charge in [0.25, 0.3) is 0 Å². The molecular formula is C18H22N4O. The Morgan fingerprint density at radius 1 is 1.26 bits per heavy atom. The summed E-state index contributed by atoms with van der Waals surface area (Å²) in [5, 5.41) is 4.26. The van der Waals surface area contributed by atoms with E-state index in [1.54, 1.807) is 24.0 Å². The number of fused-ring (bicyclic) bond motifs is 1. The zero-order valence-electron chi connectivity index (χ0n) is 13.7. The molecule has 0 aromatic carbocycles. The summed E-state index contributed by atoms with van der Waals surface area (Å²) < 4.78 is 1.80. The number of rotatable bonds is 4. The quantitative estimate of drug-likeness (QED) is 0.815. The van der Waals surface area contributed by atoms with Gasteiger partial charge in [0, 0.05) is 25.0 Å². The van der Waals surface area contributed by atoms with Crippen molar-refractivity contribution in [2.75, 3.05) is 18.0 Å². The highest BCUT2D eigenvalue weighted by molar-refractivity contribution is 5.93. The van der Waals surface area contributed by atoms with E-state index in [1.165, 1.54) is 12.8 Å². The molecule has 0 amide bonds. The molecule has 5 nitrogen and oxygen atoms in total. The molecule has 120 valence electrons. The van der Waals surface area contributed by atoms with Gasteiger partial charge in [-0.2, -0.15) is 5.10 Å². The van der Waals surface area contributed by atoms with Gasteiger partial charge < -0.3 is 4.90 Å². The lowest BCUT2D eigenvalue weighted by molar-refractivity contribution is 0.101. The van der Waals surface area contributed by atoms with Crippen molar-refractivity contribution in [3.8, 4) is 0 Å². The zero-order chi connectivity index (χ0) is 16.0. The first-order chi connectivity index (χ1) is 11.1. The van der Waals surface area contributed by atoms with Crippen LogP contribution in [-0.2, 0) is 6.54 Å². The third-order valence-corrected chi connectivity index (χ3v) is 5.36. The fourth-order valence-corrected chi connectivity index (χ4v) is 3.67. The van der Waals surface area contributed by atoms with Gasteiger partial charge in [0.05, 0.1) is 18.3 Å². The third-order valence-electron chi connectivity index (χ3n) is 5.36. The van der Waals surface area contributed by atoms with E-state index in [9.17, 15) is 4.79 Å². The van der Waals surface area contributed by atoms with Crippen LogP contribution in [0.5, 0.6) is 0 Å². The minimum Gasteiger partial charge on any atom is -0.356 e. The Kier molecular flexibility index (Phi) is 3.43. The van der Waals surface area contributed by atoms with Gasteiger partial charge >= 0.3 is 0 Å². The predicted molar refractivity (Wildman–Crippen MR) is 88.7 cm³/mol. The second-order valence-electron chi connectivity index (χ2n) is 6.90. The summed E-state index contributed by atoms with van der Waals surface area (Å²) in [6.07, 6.45) is 6.19. The number of pyridine rings is 1. The summed E-state index contributed by atoms with van der Waals surface area (Å²) in [6, 6.07) is 4.27. The summed E-state index contributed by atoms with van der Waals surface area (Å²) >= 11 is 0. The van der Waals surface area contributed by atoms with E-state index in [-0.39, 0.29) is 5.78 Å². The third kappa shape index (κ3) is 2.64. The molecule has 2 aromatic rings. The number of hydrogen-bond donors (Lipinski definition) is 0. The molecule has 2 atom stereocenters. The van der Waals surface area contributed by atoms with Crippen LogP contribution in [0.1, 0.15) is 41.4 Å². The molecule has 5 heteroatoms. The number of carbonyl (C=O) groups excluding carboxylic acids is 1. The summed E-state index contributed by atoms with van der Waals surface area (Å²) in [5.41, 5.74) is 2.84. The highest BCUT2D eigenvalue weighted by Crippen LogP contribution is 2.41. The van der Waals surface area contributed by atoms with E-state index in [1.807, 2.05) is 0 Å². The highest BCUT2D eigenvalue weighted by atomic mass is 16.1. The van der Waals surface area contributed by atoms with Crippen LogP contribution < -0.4 is 4.90 Å².